The van der Waals surface area contributed by atoms with Gasteiger partial charge in [0.25, 0.3) is 5.91 Å². The number of anilines is 1. The van der Waals surface area contributed by atoms with Crippen LogP contribution in [-0.4, -0.2) is 17.7 Å². The summed E-state index contributed by atoms with van der Waals surface area (Å²) in [5.41, 5.74) is 4.79. The lowest BCUT2D eigenvalue weighted by molar-refractivity contribution is -0.113. The van der Waals surface area contributed by atoms with Crippen molar-refractivity contribution in [2.24, 2.45) is 4.99 Å². The van der Waals surface area contributed by atoms with Crippen molar-refractivity contribution < 1.29 is 9.53 Å². The molecule has 0 spiro atoms. The van der Waals surface area contributed by atoms with Crippen LogP contribution in [0.1, 0.15) is 49.3 Å². The van der Waals surface area contributed by atoms with Gasteiger partial charge in [-0.05, 0) is 80.6 Å². The number of carbonyl (C=O) groups excluding carboxylic acids is 1. The first-order chi connectivity index (χ1) is 17.4. The number of carbonyl (C=O) groups is 1. The molecule has 0 aliphatic carbocycles. The van der Waals surface area contributed by atoms with E-state index in [0.717, 1.165) is 45.6 Å². The molecule has 6 heteroatoms. The highest BCUT2D eigenvalue weighted by Gasteiger charge is 2.35. The molecule has 1 heterocycles. The molecule has 1 aliphatic heterocycles. The van der Waals surface area contributed by atoms with Gasteiger partial charge in [0.1, 0.15) is 5.75 Å². The van der Waals surface area contributed by atoms with E-state index in [0.29, 0.717) is 16.7 Å². The van der Waals surface area contributed by atoms with Crippen molar-refractivity contribution in [2.75, 3.05) is 11.5 Å². The first kappa shape index (κ1) is 26.2. The third kappa shape index (κ3) is 6.68. The number of amides is 1. The predicted octanol–water partition coefficient (Wildman–Crippen LogP) is 8.83. The summed E-state index contributed by atoms with van der Waals surface area (Å²) in [6, 6.07) is 21.9. The molecule has 1 fully saturated rings. The van der Waals surface area contributed by atoms with Gasteiger partial charge in [0, 0.05) is 10.0 Å². The normalized spacial score (nSPS) is 15.8. The molecule has 0 radical (unpaired) electrons. The van der Waals surface area contributed by atoms with Crippen LogP contribution in [0.4, 0.5) is 11.4 Å². The number of hydrogen-bond donors (Lipinski definition) is 0. The molecule has 0 N–H and O–H groups in total. The lowest BCUT2D eigenvalue weighted by Gasteiger charge is -2.16. The van der Waals surface area contributed by atoms with Crippen LogP contribution in [0, 0.1) is 13.8 Å². The monoisotopic (exact) mass is 562 g/mol. The molecular formula is C30H31BrN2O2S. The van der Waals surface area contributed by atoms with Crippen molar-refractivity contribution in [2.45, 2.75) is 46.5 Å². The van der Waals surface area contributed by atoms with Crippen LogP contribution >= 0.6 is 27.7 Å². The molecule has 3 aromatic carbocycles. The van der Waals surface area contributed by atoms with Crippen LogP contribution in [0.25, 0.3) is 6.08 Å². The third-order valence-corrected chi connectivity index (χ3v) is 7.33. The Balaban J connectivity index is 1.67. The molecule has 1 aliphatic rings. The summed E-state index contributed by atoms with van der Waals surface area (Å²) < 4.78 is 7.05. The summed E-state index contributed by atoms with van der Waals surface area (Å²) in [6.07, 6.45) is 6.49. The van der Waals surface area contributed by atoms with Crippen molar-refractivity contribution in [3.05, 3.63) is 92.8 Å². The van der Waals surface area contributed by atoms with Crippen molar-refractivity contribution in [1.29, 1.82) is 0 Å². The van der Waals surface area contributed by atoms with Crippen LogP contribution < -0.4 is 9.64 Å². The number of amidine groups is 1. The summed E-state index contributed by atoms with van der Waals surface area (Å²) >= 11 is 4.96. The van der Waals surface area contributed by atoms with Crippen LogP contribution in [-0.2, 0) is 4.79 Å². The average molecular weight is 564 g/mol. The van der Waals surface area contributed by atoms with Gasteiger partial charge >= 0.3 is 0 Å². The summed E-state index contributed by atoms with van der Waals surface area (Å²) in [5, 5.41) is 0.635. The summed E-state index contributed by atoms with van der Waals surface area (Å²) in [4.78, 5) is 20.8. The van der Waals surface area contributed by atoms with Gasteiger partial charge in [-0.1, -0.05) is 77.5 Å². The fourth-order valence-corrected chi connectivity index (χ4v) is 5.19. The highest BCUT2D eigenvalue weighted by molar-refractivity contribution is 9.10. The number of hydrogen-bond acceptors (Lipinski definition) is 4. The molecule has 4 rings (SSSR count). The molecule has 3 aromatic rings. The second-order valence-corrected chi connectivity index (χ2v) is 10.8. The van der Waals surface area contributed by atoms with Gasteiger partial charge in [0.2, 0.25) is 0 Å². The molecule has 36 heavy (non-hydrogen) atoms. The minimum atomic E-state index is -0.0939. The molecule has 4 nitrogen and oxygen atoms in total. The van der Waals surface area contributed by atoms with Crippen molar-refractivity contribution >= 4 is 56.2 Å². The number of unbranched alkanes of at least 4 members (excludes halogenated alkanes) is 3. The Kier molecular flexibility index (Phi) is 9.05. The first-order valence-electron chi connectivity index (χ1n) is 12.3. The Morgan fingerprint density at radius 2 is 1.64 bits per heavy atom. The van der Waals surface area contributed by atoms with Crippen LogP contribution in [0.5, 0.6) is 5.75 Å². The zero-order chi connectivity index (χ0) is 25.5. The quantitative estimate of drug-likeness (QED) is 0.193. The number of aryl methyl sites for hydroxylation is 2. The SMILES string of the molecule is CCCCCCOc1ccc(Br)cc1/C=C1/SC(=Nc2ccc(C)cc2)N(c2ccc(C)cc2)C1=O. The number of halogens is 1. The molecule has 1 amide bonds. The fraction of sp³-hybridized carbons (Fsp3) is 0.267. The molecule has 0 aromatic heterocycles. The topological polar surface area (TPSA) is 41.9 Å². The molecule has 0 saturated carbocycles. The molecule has 186 valence electrons. The molecule has 0 unspecified atom stereocenters. The van der Waals surface area contributed by atoms with Gasteiger partial charge in [0.05, 0.1) is 22.9 Å². The van der Waals surface area contributed by atoms with E-state index >= 15 is 0 Å². The Labute approximate surface area is 226 Å². The van der Waals surface area contributed by atoms with Gasteiger partial charge in [-0.25, -0.2) is 4.99 Å². The zero-order valence-electron chi connectivity index (χ0n) is 21.0. The van der Waals surface area contributed by atoms with Crippen molar-refractivity contribution in [3.63, 3.8) is 0 Å². The maximum Gasteiger partial charge on any atom is 0.271 e. The highest BCUT2D eigenvalue weighted by Crippen LogP contribution is 2.39. The van der Waals surface area contributed by atoms with Gasteiger partial charge in [0.15, 0.2) is 5.17 Å². The number of benzene rings is 3. The Morgan fingerprint density at radius 1 is 0.944 bits per heavy atom. The van der Waals surface area contributed by atoms with E-state index in [4.69, 9.17) is 9.73 Å². The molecule has 1 saturated heterocycles. The minimum absolute atomic E-state index is 0.0939. The Hall–Kier alpha value is -2.83. The zero-order valence-corrected chi connectivity index (χ0v) is 23.4. The van der Waals surface area contributed by atoms with Gasteiger partial charge in [-0.2, -0.15) is 0 Å². The fourth-order valence-electron chi connectivity index (χ4n) is 3.82. The van der Waals surface area contributed by atoms with E-state index < -0.39 is 0 Å². The lowest BCUT2D eigenvalue weighted by Crippen LogP contribution is -2.28. The smallest absolute Gasteiger partial charge is 0.271 e. The Bertz CT molecular complexity index is 1270. The predicted molar refractivity (Wildman–Crippen MR) is 156 cm³/mol. The number of aliphatic imine (C=N–C) groups is 1. The van der Waals surface area contributed by atoms with Crippen molar-refractivity contribution in [3.8, 4) is 5.75 Å². The summed E-state index contributed by atoms with van der Waals surface area (Å²) in [7, 11) is 0. The minimum Gasteiger partial charge on any atom is -0.493 e. The maximum atomic E-state index is 13.7. The standard InChI is InChI=1S/C30H31BrN2O2S/c1-4-5-6-7-18-35-27-17-12-24(31)19-23(27)20-28-29(34)33(26-15-10-22(3)11-16-26)30(36-28)32-25-13-8-21(2)9-14-25/h8-17,19-20H,4-7,18H2,1-3H3/b28-20+,32-30?. The number of ether oxygens (including phenoxy) is 1. The van der Waals surface area contributed by atoms with Crippen LogP contribution in [0.2, 0.25) is 0 Å². The van der Waals surface area contributed by atoms with E-state index in [1.54, 1.807) is 4.90 Å². The maximum absolute atomic E-state index is 13.7. The third-order valence-electron chi connectivity index (χ3n) is 5.87. The van der Waals surface area contributed by atoms with Gasteiger partial charge in [-0.3, -0.25) is 9.69 Å². The number of rotatable bonds is 9. The van der Waals surface area contributed by atoms with Crippen LogP contribution in [0.3, 0.4) is 0 Å². The first-order valence-corrected chi connectivity index (χ1v) is 13.9. The van der Waals surface area contributed by atoms with E-state index in [1.807, 2.05) is 86.7 Å². The number of thioether (sulfide) groups is 1. The summed E-state index contributed by atoms with van der Waals surface area (Å²) in [6.45, 7) is 6.95. The summed E-state index contributed by atoms with van der Waals surface area (Å²) in [5.74, 6) is 0.685. The second-order valence-electron chi connectivity index (χ2n) is 8.91. The Morgan fingerprint density at radius 3 is 2.33 bits per heavy atom. The van der Waals surface area contributed by atoms with Gasteiger partial charge in [-0.15, -0.1) is 0 Å². The van der Waals surface area contributed by atoms with Crippen molar-refractivity contribution in [1.82, 2.24) is 0 Å². The van der Waals surface area contributed by atoms with Crippen LogP contribution in [0.15, 0.2) is 81.1 Å². The average Bonchev–Trinajstić information content (AvgIpc) is 3.16. The molecular weight excluding hydrogens is 532 g/mol. The molecule has 0 bridgehead atoms. The number of nitrogens with zero attached hydrogens (tertiary/aromatic N) is 2. The van der Waals surface area contributed by atoms with E-state index in [2.05, 4.69) is 22.9 Å². The van der Waals surface area contributed by atoms with E-state index in [-0.39, 0.29) is 5.91 Å². The molecule has 0 atom stereocenters. The van der Waals surface area contributed by atoms with E-state index in [9.17, 15) is 4.79 Å². The largest absolute Gasteiger partial charge is 0.493 e. The van der Waals surface area contributed by atoms with E-state index in [1.165, 1.54) is 30.2 Å². The highest BCUT2D eigenvalue weighted by atomic mass is 79.9. The lowest BCUT2D eigenvalue weighted by atomic mass is 10.1. The van der Waals surface area contributed by atoms with Gasteiger partial charge < -0.3 is 4.74 Å². The second kappa shape index (κ2) is 12.4.